The summed E-state index contributed by atoms with van der Waals surface area (Å²) in [7, 11) is -0.0126. The number of amides is 1. The third-order valence-electron chi connectivity index (χ3n) is 3.77. The lowest BCUT2D eigenvalue weighted by atomic mass is 10.2. The number of thiocarbonyl (C=S) groups is 1. The number of sulfonamides is 1. The molecule has 1 fully saturated rings. The Kier molecular flexibility index (Phi) is 5.66. The maximum absolute atomic E-state index is 12.6. The Morgan fingerprint density at radius 2 is 1.70 bits per heavy atom. The van der Waals surface area contributed by atoms with Crippen LogP contribution in [0.3, 0.4) is 0 Å². The Labute approximate surface area is 167 Å². The van der Waals surface area contributed by atoms with Gasteiger partial charge >= 0.3 is 0 Å². The van der Waals surface area contributed by atoms with Crippen molar-refractivity contribution in [3.05, 3.63) is 65.1 Å². The molecule has 1 aliphatic heterocycles. The lowest BCUT2D eigenvalue weighted by Gasteiger charge is -2.15. The number of rotatable bonds is 5. The van der Waals surface area contributed by atoms with Gasteiger partial charge in [-0.25, -0.2) is 13.4 Å². The van der Waals surface area contributed by atoms with Crippen LogP contribution >= 0.6 is 24.0 Å². The lowest BCUT2D eigenvalue weighted by Crippen LogP contribution is -2.44. The molecule has 0 atom stereocenters. The van der Waals surface area contributed by atoms with Crippen molar-refractivity contribution in [2.45, 2.75) is 4.90 Å². The van der Waals surface area contributed by atoms with Gasteiger partial charge in [-0.3, -0.25) is 4.79 Å². The number of carbonyl (C=O) groups excluding carboxylic acids is 1. The van der Waals surface area contributed by atoms with Gasteiger partial charge in [0.1, 0.15) is 0 Å². The Morgan fingerprint density at radius 3 is 2.30 bits per heavy atom. The van der Waals surface area contributed by atoms with Crippen molar-refractivity contribution in [1.82, 2.24) is 9.84 Å². The zero-order chi connectivity index (χ0) is 19.6. The lowest BCUT2D eigenvalue weighted by molar-refractivity contribution is -0.123. The molecule has 27 heavy (non-hydrogen) atoms. The summed E-state index contributed by atoms with van der Waals surface area (Å²) in [6.07, 6.45) is 1.69. The largest absolute Gasteiger partial charge is 0.378 e. The minimum Gasteiger partial charge on any atom is -0.378 e. The van der Waals surface area contributed by atoms with E-state index < -0.39 is 15.9 Å². The Balaban J connectivity index is 1.81. The van der Waals surface area contributed by atoms with Crippen molar-refractivity contribution < 1.29 is 13.2 Å². The highest BCUT2D eigenvalue weighted by Gasteiger charge is 2.35. The van der Waals surface area contributed by atoms with Crippen LogP contribution in [0.15, 0.2) is 64.4 Å². The fraction of sp³-hybridized carbons (Fsp3) is 0.111. The summed E-state index contributed by atoms with van der Waals surface area (Å²) < 4.78 is 25.0. The van der Waals surface area contributed by atoms with E-state index in [1.165, 1.54) is 12.1 Å². The van der Waals surface area contributed by atoms with E-state index in [1.54, 1.807) is 24.3 Å². The third kappa shape index (κ3) is 4.38. The van der Waals surface area contributed by atoms with Crippen LogP contribution in [-0.4, -0.2) is 37.7 Å². The van der Waals surface area contributed by atoms with Crippen LogP contribution < -0.4 is 9.73 Å². The molecule has 3 rings (SSSR count). The highest BCUT2D eigenvalue weighted by molar-refractivity contribution is 8.26. The second-order valence-electron chi connectivity index (χ2n) is 5.91. The fourth-order valence-corrected chi connectivity index (χ4v) is 4.67. The number of anilines is 1. The van der Waals surface area contributed by atoms with E-state index in [4.69, 9.17) is 12.2 Å². The first-order valence-corrected chi connectivity index (χ1v) is 10.6. The minimum atomic E-state index is -3.90. The van der Waals surface area contributed by atoms with Gasteiger partial charge in [0.05, 0.1) is 9.80 Å². The zero-order valence-corrected chi connectivity index (χ0v) is 17.1. The van der Waals surface area contributed by atoms with Crippen LogP contribution in [0, 0.1) is 0 Å². The maximum atomic E-state index is 12.6. The summed E-state index contributed by atoms with van der Waals surface area (Å²) in [5, 5.41) is 0.891. The predicted molar refractivity (Wildman–Crippen MR) is 113 cm³/mol. The van der Waals surface area contributed by atoms with E-state index in [9.17, 15) is 13.2 Å². The summed E-state index contributed by atoms with van der Waals surface area (Å²) in [6.45, 7) is 0. The Bertz CT molecular complexity index is 1000. The van der Waals surface area contributed by atoms with Crippen molar-refractivity contribution >= 4 is 56.0 Å². The Morgan fingerprint density at radius 1 is 1.07 bits per heavy atom. The number of hydrogen-bond acceptors (Lipinski definition) is 6. The molecule has 2 aromatic rings. The Hall–Kier alpha value is -2.20. The number of nitrogens with zero attached hydrogens (tertiary/aromatic N) is 2. The molecule has 1 aliphatic rings. The topological polar surface area (TPSA) is 69.7 Å². The van der Waals surface area contributed by atoms with Gasteiger partial charge in [-0.1, -0.05) is 54.3 Å². The van der Waals surface area contributed by atoms with Crippen LogP contribution in [0.2, 0.25) is 0 Å². The van der Waals surface area contributed by atoms with E-state index in [1.807, 2.05) is 43.3 Å². The molecule has 0 radical (unpaired) electrons. The summed E-state index contributed by atoms with van der Waals surface area (Å²) in [5.41, 5.74) is 1.86. The van der Waals surface area contributed by atoms with Crippen LogP contribution in [0.25, 0.3) is 6.08 Å². The smallest absolute Gasteiger partial charge is 0.281 e. The van der Waals surface area contributed by atoms with Crippen molar-refractivity contribution in [2.75, 3.05) is 19.0 Å². The van der Waals surface area contributed by atoms with E-state index in [2.05, 4.69) is 4.83 Å². The molecule has 1 N–H and O–H groups in total. The van der Waals surface area contributed by atoms with Gasteiger partial charge < -0.3 is 4.90 Å². The van der Waals surface area contributed by atoms with Crippen LogP contribution in [0.1, 0.15) is 5.56 Å². The first kappa shape index (κ1) is 19.6. The second-order valence-corrected chi connectivity index (χ2v) is 9.25. The van der Waals surface area contributed by atoms with Crippen molar-refractivity contribution in [3.63, 3.8) is 0 Å². The quantitative estimate of drug-likeness (QED) is 0.594. The molecule has 140 valence electrons. The predicted octanol–water partition coefficient (Wildman–Crippen LogP) is 2.85. The second kappa shape index (κ2) is 7.81. The van der Waals surface area contributed by atoms with Crippen molar-refractivity contribution in [2.24, 2.45) is 0 Å². The van der Waals surface area contributed by atoms with Gasteiger partial charge in [0.25, 0.3) is 15.9 Å². The molecular formula is C18H17N3O3S3. The molecule has 6 nitrogen and oxygen atoms in total. The highest BCUT2D eigenvalue weighted by atomic mass is 32.2. The normalized spacial score (nSPS) is 16.2. The molecule has 0 unspecified atom stereocenters. The number of thioether (sulfide) groups is 1. The van der Waals surface area contributed by atoms with Crippen molar-refractivity contribution in [1.29, 1.82) is 0 Å². The number of nitrogens with one attached hydrogen (secondary N) is 1. The highest BCUT2D eigenvalue weighted by Crippen LogP contribution is 2.32. The fourth-order valence-electron chi connectivity index (χ4n) is 2.34. The number of hydrazine groups is 1. The SMILES string of the molecule is CN(C)c1ccc(/C=C2/SC(=S)N(NS(=O)(=O)c3ccccc3)C2=O)cc1. The van der Waals surface area contributed by atoms with E-state index in [0.29, 0.717) is 4.91 Å². The van der Waals surface area contributed by atoms with E-state index in [0.717, 1.165) is 28.0 Å². The van der Waals surface area contributed by atoms with Gasteiger partial charge in [-0.2, -0.15) is 0 Å². The molecule has 1 saturated heterocycles. The van der Waals surface area contributed by atoms with Gasteiger partial charge in [0, 0.05) is 19.8 Å². The first-order chi connectivity index (χ1) is 12.8. The third-order valence-corrected chi connectivity index (χ3v) is 6.38. The number of benzene rings is 2. The van der Waals surface area contributed by atoms with Gasteiger partial charge in [0.15, 0.2) is 4.32 Å². The summed E-state index contributed by atoms with van der Waals surface area (Å²) in [4.78, 5) is 17.3. The molecule has 0 bridgehead atoms. The van der Waals surface area contributed by atoms with Gasteiger partial charge in [-0.05, 0) is 35.9 Å². The molecule has 1 amide bonds. The first-order valence-electron chi connectivity index (χ1n) is 7.91. The van der Waals surface area contributed by atoms with E-state index >= 15 is 0 Å². The summed E-state index contributed by atoms with van der Waals surface area (Å²) >= 11 is 6.23. The number of hydrogen-bond donors (Lipinski definition) is 1. The van der Waals surface area contributed by atoms with Gasteiger partial charge in [0.2, 0.25) is 0 Å². The maximum Gasteiger partial charge on any atom is 0.281 e. The zero-order valence-electron chi connectivity index (χ0n) is 14.6. The molecule has 0 saturated carbocycles. The molecule has 9 heteroatoms. The van der Waals surface area contributed by atoms with Crippen LogP contribution in [-0.2, 0) is 14.8 Å². The molecule has 2 aromatic carbocycles. The van der Waals surface area contributed by atoms with Crippen molar-refractivity contribution in [3.8, 4) is 0 Å². The van der Waals surface area contributed by atoms with E-state index in [-0.39, 0.29) is 9.22 Å². The molecule has 1 heterocycles. The average molecular weight is 420 g/mol. The molecule has 0 spiro atoms. The summed E-state index contributed by atoms with van der Waals surface area (Å²) in [6, 6.07) is 15.5. The van der Waals surface area contributed by atoms with Crippen LogP contribution in [0.5, 0.6) is 0 Å². The van der Waals surface area contributed by atoms with Crippen LogP contribution in [0.4, 0.5) is 5.69 Å². The summed E-state index contributed by atoms with van der Waals surface area (Å²) in [5.74, 6) is -0.499. The molecule has 0 aromatic heterocycles. The molecule has 0 aliphatic carbocycles. The van der Waals surface area contributed by atoms with Gasteiger partial charge in [-0.15, -0.1) is 4.83 Å². The standard InChI is InChI=1S/C18H17N3O3S3/c1-20(2)14-10-8-13(9-11-14)12-16-17(22)21(18(25)26-16)19-27(23,24)15-6-4-3-5-7-15/h3-12,19H,1-2H3/b16-12+. The molecular weight excluding hydrogens is 402 g/mol. The number of carbonyl (C=O) groups is 1. The average Bonchev–Trinajstić information content (AvgIpc) is 2.90. The monoisotopic (exact) mass is 419 g/mol. The minimum absolute atomic E-state index is 0.0577.